The number of ether oxygens (including phenoxy) is 1. The molecule has 0 fully saturated rings. The summed E-state index contributed by atoms with van der Waals surface area (Å²) in [5.41, 5.74) is 0. The average molecular weight is 219 g/mol. The molecule has 7 heteroatoms. The molecule has 86 valence electrons. The van der Waals surface area contributed by atoms with E-state index in [0.717, 1.165) is 0 Å². The summed E-state index contributed by atoms with van der Waals surface area (Å²) >= 11 is 0. The fraction of sp³-hybridized carbons (Fsp3) is 0.625. The number of carboxylic acids is 2. The minimum Gasteiger partial charge on any atom is -0.481 e. The lowest BCUT2D eigenvalue weighted by Gasteiger charge is -2.11. The molecule has 1 atom stereocenters. The van der Waals surface area contributed by atoms with Crippen LogP contribution in [0, 0.1) is 0 Å². The van der Waals surface area contributed by atoms with Crippen molar-refractivity contribution in [3.63, 3.8) is 0 Å². The molecule has 0 spiro atoms. The lowest BCUT2D eigenvalue weighted by molar-refractivity contribution is -0.147. The first kappa shape index (κ1) is 13.4. The maximum atomic E-state index is 11.1. The van der Waals surface area contributed by atoms with Crippen LogP contribution < -0.4 is 5.32 Å². The number of carbonyl (C=O) groups excluding carboxylic acids is 1. The number of carbonyl (C=O) groups is 3. The fourth-order valence-corrected chi connectivity index (χ4v) is 0.836. The van der Waals surface area contributed by atoms with E-state index in [9.17, 15) is 14.4 Å². The van der Waals surface area contributed by atoms with Gasteiger partial charge in [-0.3, -0.25) is 9.59 Å². The molecule has 0 rings (SSSR count). The summed E-state index contributed by atoms with van der Waals surface area (Å²) in [4.78, 5) is 31.9. The lowest BCUT2D eigenvalue weighted by Crippen LogP contribution is -2.42. The molecule has 0 aliphatic heterocycles. The standard InChI is InChI=1S/C8H13NO6/c1-15-3-2-6(10)9-5(8(13)14)4-7(11)12/h5H,2-4H2,1H3,(H,9,10)(H,11,12)(H,13,14)/t5-/m0/s1. The second-order valence-electron chi connectivity index (χ2n) is 2.80. The van der Waals surface area contributed by atoms with E-state index in [1.807, 2.05) is 0 Å². The highest BCUT2D eigenvalue weighted by atomic mass is 16.5. The van der Waals surface area contributed by atoms with Crippen LogP contribution in [0.25, 0.3) is 0 Å². The second kappa shape index (κ2) is 6.77. The Morgan fingerprint density at radius 2 is 1.93 bits per heavy atom. The summed E-state index contributed by atoms with van der Waals surface area (Å²) in [7, 11) is 1.40. The van der Waals surface area contributed by atoms with Crippen LogP contribution in [-0.2, 0) is 19.1 Å². The van der Waals surface area contributed by atoms with E-state index in [-0.39, 0.29) is 13.0 Å². The van der Waals surface area contributed by atoms with Gasteiger partial charge in [-0.25, -0.2) is 4.79 Å². The SMILES string of the molecule is COCCC(=O)N[C@@H](CC(=O)O)C(=O)O. The molecule has 3 N–H and O–H groups in total. The Hall–Kier alpha value is -1.63. The lowest BCUT2D eigenvalue weighted by atomic mass is 10.2. The van der Waals surface area contributed by atoms with E-state index < -0.39 is 30.3 Å². The highest BCUT2D eigenvalue weighted by molar-refractivity contribution is 5.86. The van der Waals surface area contributed by atoms with Gasteiger partial charge in [0.15, 0.2) is 0 Å². The van der Waals surface area contributed by atoms with Crippen LogP contribution >= 0.6 is 0 Å². The summed E-state index contributed by atoms with van der Waals surface area (Å²) in [6, 6.07) is -1.40. The van der Waals surface area contributed by atoms with E-state index >= 15 is 0 Å². The molecule has 15 heavy (non-hydrogen) atoms. The van der Waals surface area contributed by atoms with Crippen molar-refractivity contribution in [2.45, 2.75) is 18.9 Å². The van der Waals surface area contributed by atoms with Gasteiger partial charge in [-0.05, 0) is 0 Å². The first-order valence-corrected chi connectivity index (χ1v) is 4.20. The van der Waals surface area contributed by atoms with Gasteiger partial charge < -0.3 is 20.3 Å². The highest BCUT2D eigenvalue weighted by Crippen LogP contribution is 1.94. The molecule has 0 saturated carbocycles. The number of methoxy groups -OCH3 is 1. The first-order chi connectivity index (χ1) is 6.97. The summed E-state index contributed by atoms with van der Waals surface area (Å²) in [5.74, 6) is -3.21. The van der Waals surface area contributed by atoms with Gasteiger partial charge in [0, 0.05) is 13.5 Å². The molecular weight excluding hydrogens is 206 g/mol. The van der Waals surface area contributed by atoms with Crippen molar-refractivity contribution in [2.75, 3.05) is 13.7 Å². The molecule has 0 aromatic carbocycles. The fourth-order valence-electron chi connectivity index (χ4n) is 0.836. The summed E-state index contributed by atoms with van der Waals surface area (Å²) in [5, 5.41) is 19.1. The molecule has 0 aromatic rings. The van der Waals surface area contributed by atoms with Crippen LogP contribution in [0.3, 0.4) is 0 Å². The molecule has 1 amide bonds. The molecule has 0 bridgehead atoms. The predicted octanol–water partition coefficient (Wildman–Crippen LogP) is -0.933. The number of aliphatic carboxylic acids is 2. The topological polar surface area (TPSA) is 113 Å². The van der Waals surface area contributed by atoms with Crippen LogP contribution in [0.5, 0.6) is 0 Å². The Morgan fingerprint density at radius 1 is 1.33 bits per heavy atom. The van der Waals surface area contributed by atoms with Crippen molar-refractivity contribution < 1.29 is 29.3 Å². The largest absolute Gasteiger partial charge is 0.481 e. The van der Waals surface area contributed by atoms with Gasteiger partial charge in [0.25, 0.3) is 0 Å². The predicted molar refractivity (Wildman–Crippen MR) is 48.3 cm³/mol. The van der Waals surface area contributed by atoms with E-state index in [0.29, 0.717) is 0 Å². The molecule has 0 saturated heterocycles. The summed E-state index contributed by atoms with van der Waals surface area (Å²) < 4.78 is 4.61. The first-order valence-electron chi connectivity index (χ1n) is 4.20. The van der Waals surface area contributed by atoms with Crippen molar-refractivity contribution in [3.05, 3.63) is 0 Å². The summed E-state index contributed by atoms with van der Waals surface area (Å²) in [6.45, 7) is 0.158. The zero-order chi connectivity index (χ0) is 11.8. The highest BCUT2D eigenvalue weighted by Gasteiger charge is 2.22. The van der Waals surface area contributed by atoms with Crippen LogP contribution in [0.2, 0.25) is 0 Å². The Labute approximate surface area is 86.0 Å². The molecule has 0 heterocycles. The third kappa shape index (κ3) is 6.44. The minimum atomic E-state index is -1.40. The molecule has 7 nitrogen and oxygen atoms in total. The van der Waals surface area contributed by atoms with Gasteiger partial charge in [-0.15, -0.1) is 0 Å². The van der Waals surface area contributed by atoms with E-state index in [2.05, 4.69) is 10.1 Å². The van der Waals surface area contributed by atoms with Crippen molar-refractivity contribution in [1.82, 2.24) is 5.32 Å². The van der Waals surface area contributed by atoms with E-state index in [1.54, 1.807) is 0 Å². The molecule has 0 aliphatic carbocycles. The van der Waals surface area contributed by atoms with Gasteiger partial charge in [0.1, 0.15) is 6.04 Å². The molecular formula is C8H13NO6. The quantitative estimate of drug-likeness (QED) is 0.509. The number of hydrogen-bond acceptors (Lipinski definition) is 4. The number of rotatable bonds is 7. The zero-order valence-corrected chi connectivity index (χ0v) is 8.23. The minimum absolute atomic E-state index is 0.000100. The van der Waals surface area contributed by atoms with Crippen LogP contribution in [-0.4, -0.2) is 47.8 Å². The normalized spacial score (nSPS) is 11.8. The second-order valence-corrected chi connectivity index (χ2v) is 2.80. The summed E-state index contributed by atoms with van der Waals surface area (Å²) in [6.07, 6.45) is -0.645. The van der Waals surface area contributed by atoms with Crippen LogP contribution in [0.15, 0.2) is 0 Å². The monoisotopic (exact) mass is 219 g/mol. The number of carboxylic acid groups (broad SMARTS) is 2. The van der Waals surface area contributed by atoms with Gasteiger partial charge in [-0.2, -0.15) is 0 Å². The Balaban J connectivity index is 4.10. The van der Waals surface area contributed by atoms with Gasteiger partial charge >= 0.3 is 11.9 Å². The molecule has 0 radical (unpaired) electrons. The Bertz CT molecular complexity index is 252. The Kier molecular flexibility index (Phi) is 6.03. The van der Waals surface area contributed by atoms with E-state index in [1.165, 1.54) is 7.11 Å². The molecule has 0 unspecified atom stereocenters. The van der Waals surface area contributed by atoms with Crippen molar-refractivity contribution >= 4 is 17.8 Å². The number of hydrogen-bond donors (Lipinski definition) is 3. The van der Waals surface area contributed by atoms with Crippen molar-refractivity contribution in [2.24, 2.45) is 0 Å². The smallest absolute Gasteiger partial charge is 0.326 e. The molecule has 0 aromatic heterocycles. The number of nitrogens with one attached hydrogen (secondary N) is 1. The maximum absolute atomic E-state index is 11.1. The van der Waals surface area contributed by atoms with Gasteiger partial charge in [-0.1, -0.05) is 0 Å². The van der Waals surface area contributed by atoms with Gasteiger partial charge in [0.05, 0.1) is 13.0 Å². The average Bonchev–Trinajstić information content (AvgIpc) is 2.12. The third-order valence-corrected chi connectivity index (χ3v) is 1.55. The molecule has 0 aliphatic rings. The van der Waals surface area contributed by atoms with E-state index in [4.69, 9.17) is 10.2 Å². The van der Waals surface area contributed by atoms with Crippen LogP contribution in [0.4, 0.5) is 0 Å². The van der Waals surface area contributed by atoms with Gasteiger partial charge in [0.2, 0.25) is 5.91 Å². The maximum Gasteiger partial charge on any atom is 0.326 e. The van der Waals surface area contributed by atoms with Crippen molar-refractivity contribution in [1.29, 1.82) is 0 Å². The zero-order valence-electron chi connectivity index (χ0n) is 8.23. The number of amides is 1. The third-order valence-electron chi connectivity index (χ3n) is 1.55. The van der Waals surface area contributed by atoms with Crippen molar-refractivity contribution in [3.8, 4) is 0 Å². The Morgan fingerprint density at radius 3 is 2.33 bits per heavy atom. The van der Waals surface area contributed by atoms with Crippen LogP contribution in [0.1, 0.15) is 12.8 Å².